The Kier molecular flexibility index (Phi) is 7.54. The lowest BCUT2D eigenvalue weighted by Gasteiger charge is -2.22. The van der Waals surface area contributed by atoms with Crippen molar-refractivity contribution >= 4 is 45.4 Å². The van der Waals surface area contributed by atoms with Gasteiger partial charge in [-0.15, -0.1) is 0 Å². The van der Waals surface area contributed by atoms with Crippen LogP contribution in [0.5, 0.6) is 0 Å². The Morgan fingerprint density at radius 2 is 1.24 bits per heavy atom. The zero-order valence-corrected chi connectivity index (χ0v) is 20.0. The molecule has 0 saturated heterocycles. The average molecular weight is 504 g/mol. The molecule has 10 N–H and O–H groups in total. The minimum atomic E-state index is -1.33. The van der Waals surface area contributed by atoms with Crippen LogP contribution in [0.3, 0.4) is 0 Å². The van der Waals surface area contributed by atoms with Crippen LogP contribution < -0.4 is 27.8 Å². The normalized spacial score (nSPS) is 13.6. The number of aromatic nitrogens is 2. The summed E-state index contributed by atoms with van der Waals surface area (Å²) in [7, 11) is 0. The summed E-state index contributed by atoms with van der Waals surface area (Å²) in [4.78, 5) is 55.9. The molecule has 4 rings (SSSR count). The highest BCUT2D eigenvalue weighted by atomic mass is 16.2. The zero-order chi connectivity index (χ0) is 26.5. The fourth-order valence-corrected chi connectivity index (χ4v) is 4.33. The van der Waals surface area contributed by atoms with Gasteiger partial charge in [0.05, 0.1) is 12.5 Å². The summed E-state index contributed by atoms with van der Waals surface area (Å²) in [5, 5.41) is 6.85. The number of carbonyl (C=O) groups is 4. The standard InChI is InChI=1S/C26H29N7O4/c27-18(9-14-12-30-19-7-3-1-5-16(14)19)25(36)33-22(11-23(28)34)26(37)32-21(24(29)35)10-15-13-31-20-8-4-2-6-17(15)20/h1-8,12-13,18,21-22,30-31H,9-11,27H2,(H2,28,34)(H2,29,35)(H,32,37)(H,33,36)/t18-,21-,22-/m1/s1. The molecule has 0 aliphatic heterocycles. The summed E-state index contributed by atoms with van der Waals surface area (Å²) < 4.78 is 0. The number of rotatable bonds is 11. The topological polar surface area (TPSA) is 202 Å². The lowest BCUT2D eigenvalue weighted by atomic mass is 10.0. The van der Waals surface area contributed by atoms with E-state index in [0.29, 0.717) is 0 Å². The van der Waals surface area contributed by atoms with E-state index in [1.54, 1.807) is 12.4 Å². The van der Waals surface area contributed by atoms with E-state index in [-0.39, 0.29) is 12.8 Å². The number of carbonyl (C=O) groups excluding carboxylic acids is 4. The van der Waals surface area contributed by atoms with Crippen molar-refractivity contribution in [1.29, 1.82) is 0 Å². The Labute approximate surface area is 212 Å². The quantitative estimate of drug-likeness (QED) is 0.152. The Morgan fingerprint density at radius 1 is 0.730 bits per heavy atom. The van der Waals surface area contributed by atoms with Gasteiger partial charge >= 0.3 is 0 Å². The van der Waals surface area contributed by atoms with Crippen LogP contribution in [0.15, 0.2) is 60.9 Å². The van der Waals surface area contributed by atoms with Crippen LogP contribution in [0.1, 0.15) is 17.5 Å². The van der Waals surface area contributed by atoms with Gasteiger partial charge < -0.3 is 37.8 Å². The maximum atomic E-state index is 13.0. The van der Waals surface area contributed by atoms with E-state index in [4.69, 9.17) is 17.2 Å². The molecule has 0 aliphatic rings. The number of amides is 4. The molecule has 0 saturated carbocycles. The second-order valence-corrected chi connectivity index (χ2v) is 8.93. The number of fused-ring (bicyclic) bond motifs is 2. The molecular weight excluding hydrogens is 474 g/mol. The lowest BCUT2D eigenvalue weighted by Crippen LogP contribution is -2.56. The van der Waals surface area contributed by atoms with Gasteiger partial charge in [0.15, 0.2) is 0 Å². The van der Waals surface area contributed by atoms with Crippen molar-refractivity contribution in [3.63, 3.8) is 0 Å². The average Bonchev–Trinajstić information content (AvgIpc) is 3.47. The van der Waals surface area contributed by atoms with Crippen LogP contribution in [-0.2, 0) is 32.0 Å². The maximum absolute atomic E-state index is 13.0. The van der Waals surface area contributed by atoms with Crippen molar-refractivity contribution in [1.82, 2.24) is 20.6 Å². The van der Waals surface area contributed by atoms with Crippen LogP contribution in [0.2, 0.25) is 0 Å². The summed E-state index contributed by atoms with van der Waals surface area (Å²) in [5.41, 5.74) is 20.4. The second-order valence-electron chi connectivity index (χ2n) is 8.93. The van der Waals surface area contributed by atoms with Gasteiger partial charge in [0.25, 0.3) is 0 Å². The first-order chi connectivity index (χ1) is 17.7. The van der Waals surface area contributed by atoms with Gasteiger partial charge in [-0.3, -0.25) is 19.2 Å². The van der Waals surface area contributed by atoms with E-state index >= 15 is 0 Å². The largest absolute Gasteiger partial charge is 0.370 e. The van der Waals surface area contributed by atoms with Gasteiger partial charge in [-0.2, -0.15) is 0 Å². The molecule has 2 aromatic heterocycles. The Balaban J connectivity index is 1.44. The minimum absolute atomic E-state index is 0.113. The highest BCUT2D eigenvalue weighted by molar-refractivity contribution is 5.96. The monoisotopic (exact) mass is 503 g/mol. The SMILES string of the molecule is NC(=O)C[C@@H](NC(=O)[C@H](N)Cc1c[nH]c2ccccc12)C(=O)N[C@H](Cc1c[nH]c2ccccc12)C(N)=O. The fourth-order valence-electron chi connectivity index (χ4n) is 4.33. The third kappa shape index (κ3) is 5.96. The summed E-state index contributed by atoms with van der Waals surface area (Å²) in [6.45, 7) is 0. The number of benzene rings is 2. The van der Waals surface area contributed by atoms with Crippen molar-refractivity contribution in [2.75, 3.05) is 0 Å². The fraction of sp³-hybridized carbons (Fsp3) is 0.231. The molecule has 2 aromatic carbocycles. The van der Waals surface area contributed by atoms with E-state index in [1.807, 2.05) is 48.5 Å². The van der Waals surface area contributed by atoms with Crippen molar-refractivity contribution in [2.45, 2.75) is 37.4 Å². The third-order valence-electron chi connectivity index (χ3n) is 6.25. The zero-order valence-electron chi connectivity index (χ0n) is 20.0. The van der Waals surface area contributed by atoms with Crippen LogP contribution in [0, 0.1) is 0 Å². The van der Waals surface area contributed by atoms with Gasteiger partial charge in [0, 0.05) is 40.6 Å². The summed E-state index contributed by atoms with van der Waals surface area (Å²) >= 11 is 0. The molecule has 4 aromatic rings. The van der Waals surface area contributed by atoms with Gasteiger partial charge in [0.1, 0.15) is 12.1 Å². The van der Waals surface area contributed by atoms with Crippen LogP contribution in [0.25, 0.3) is 21.8 Å². The molecule has 37 heavy (non-hydrogen) atoms. The number of nitrogens with one attached hydrogen (secondary N) is 4. The third-order valence-corrected chi connectivity index (χ3v) is 6.25. The van der Waals surface area contributed by atoms with Crippen molar-refractivity contribution in [2.24, 2.45) is 17.2 Å². The number of nitrogens with two attached hydrogens (primary N) is 3. The number of aromatic amines is 2. The molecule has 11 nitrogen and oxygen atoms in total. The number of hydrogen-bond acceptors (Lipinski definition) is 5. The molecule has 0 aliphatic carbocycles. The highest BCUT2D eigenvalue weighted by Crippen LogP contribution is 2.20. The second kappa shape index (κ2) is 11.0. The first kappa shape index (κ1) is 25.5. The van der Waals surface area contributed by atoms with Crippen LogP contribution in [0.4, 0.5) is 0 Å². The molecule has 0 unspecified atom stereocenters. The number of para-hydroxylation sites is 2. The molecule has 0 bridgehead atoms. The molecule has 192 valence electrons. The molecule has 0 spiro atoms. The van der Waals surface area contributed by atoms with Crippen molar-refractivity contribution < 1.29 is 19.2 Å². The van der Waals surface area contributed by atoms with Crippen LogP contribution >= 0.6 is 0 Å². The number of hydrogen-bond donors (Lipinski definition) is 7. The van der Waals surface area contributed by atoms with E-state index in [9.17, 15) is 19.2 Å². The molecule has 3 atom stereocenters. The van der Waals surface area contributed by atoms with E-state index < -0.39 is 48.2 Å². The summed E-state index contributed by atoms with van der Waals surface area (Å²) in [5.74, 6) is -2.98. The smallest absolute Gasteiger partial charge is 0.243 e. The minimum Gasteiger partial charge on any atom is -0.370 e. The van der Waals surface area contributed by atoms with Crippen molar-refractivity contribution in [3.8, 4) is 0 Å². The predicted molar refractivity (Wildman–Crippen MR) is 139 cm³/mol. The number of primary amides is 2. The van der Waals surface area contributed by atoms with Crippen molar-refractivity contribution in [3.05, 3.63) is 72.1 Å². The summed E-state index contributed by atoms with van der Waals surface area (Å²) in [6, 6.07) is 11.7. The van der Waals surface area contributed by atoms with Gasteiger partial charge in [0.2, 0.25) is 23.6 Å². The summed E-state index contributed by atoms with van der Waals surface area (Å²) in [6.07, 6.45) is 3.34. The van der Waals surface area contributed by atoms with E-state index in [1.165, 1.54) is 0 Å². The van der Waals surface area contributed by atoms with Gasteiger partial charge in [-0.1, -0.05) is 36.4 Å². The molecule has 0 fully saturated rings. The Hall–Kier alpha value is -4.64. The first-order valence-corrected chi connectivity index (χ1v) is 11.8. The molecule has 2 heterocycles. The molecule has 4 amide bonds. The Bertz CT molecular complexity index is 1460. The number of H-pyrrole nitrogens is 2. The molecular formula is C26H29N7O4. The highest BCUT2D eigenvalue weighted by Gasteiger charge is 2.29. The lowest BCUT2D eigenvalue weighted by molar-refractivity contribution is -0.133. The maximum Gasteiger partial charge on any atom is 0.243 e. The van der Waals surface area contributed by atoms with E-state index in [2.05, 4.69) is 20.6 Å². The molecule has 11 heteroatoms. The van der Waals surface area contributed by atoms with Gasteiger partial charge in [-0.25, -0.2) is 0 Å². The molecule has 0 radical (unpaired) electrons. The Morgan fingerprint density at radius 3 is 1.78 bits per heavy atom. The van der Waals surface area contributed by atoms with Gasteiger partial charge in [-0.05, 0) is 29.7 Å². The predicted octanol–water partition coefficient (Wildman–Crippen LogP) is 0.0920. The van der Waals surface area contributed by atoms with Crippen LogP contribution in [-0.4, -0.2) is 51.7 Å². The van der Waals surface area contributed by atoms with E-state index in [0.717, 1.165) is 32.9 Å². The first-order valence-electron chi connectivity index (χ1n) is 11.8.